The van der Waals surface area contributed by atoms with Crippen LogP contribution >= 0.6 is 0 Å². The summed E-state index contributed by atoms with van der Waals surface area (Å²) < 4.78 is 49.3. The largest absolute Gasteiger partial charge is 0.458 e. The van der Waals surface area contributed by atoms with Crippen molar-refractivity contribution in [2.24, 2.45) is 5.92 Å². The summed E-state index contributed by atoms with van der Waals surface area (Å²) in [5, 5.41) is 15.0. The first-order chi connectivity index (χ1) is 14.8. The second kappa shape index (κ2) is 9.69. The van der Waals surface area contributed by atoms with Crippen molar-refractivity contribution in [1.82, 2.24) is 15.3 Å². The van der Waals surface area contributed by atoms with Crippen LogP contribution in [0.4, 0.5) is 18.9 Å². The second-order valence-corrected chi connectivity index (χ2v) is 6.95. The number of hydrogen-bond donors (Lipinski definition) is 1. The van der Waals surface area contributed by atoms with E-state index >= 15 is 0 Å². The van der Waals surface area contributed by atoms with Gasteiger partial charge in [-0.3, -0.25) is 14.9 Å². The highest BCUT2D eigenvalue weighted by molar-refractivity contribution is 5.49. The molecule has 1 fully saturated rings. The lowest BCUT2D eigenvalue weighted by Gasteiger charge is -2.25. The van der Waals surface area contributed by atoms with Gasteiger partial charge in [-0.05, 0) is 56.5 Å². The topological polar surface area (TPSA) is 116 Å². The smallest absolute Gasteiger partial charge is 0.416 e. The molecule has 2 heterocycles. The summed E-state index contributed by atoms with van der Waals surface area (Å²) in [6, 6.07) is 3.89. The van der Waals surface area contributed by atoms with Crippen molar-refractivity contribution in [1.29, 1.82) is 0 Å². The standard InChI is InChI=1S/C19H19F3N4O5/c20-19(21,22)13-2-1-3-14(9-13)31-18-17(26(28)29)16(24-10-25-18)15(30-11-27)8-12-4-6-23-7-5-12/h1-3,9-12,15,23H,4-8H2. The highest BCUT2D eigenvalue weighted by atomic mass is 19.4. The Morgan fingerprint density at radius 1 is 1.29 bits per heavy atom. The molecule has 1 aromatic carbocycles. The molecule has 0 radical (unpaired) electrons. The number of rotatable bonds is 8. The first-order valence-corrected chi connectivity index (χ1v) is 9.43. The molecule has 1 atom stereocenters. The number of carbonyl (C=O) groups excluding carboxylic acids is 1. The third-order valence-electron chi connectivity index (χ3n) is 4.91. The second-order valence-electron chi connectivity index (χ2n) is 6.95. The number of ether oxygens (including phenoxy) is 2. The van der Waals surface area contributed by atoms with Gasteiger partial charge in [0.15, 0.2) is 11.8 Å². The minimum atomic E-state index is -4.61. The molecule has 1 aliphatic rings. The van der Waals surface area contributed by atoms with Gasteiger partial charge in [0, 0.05) is 0 Å². The Labute approximate surface area is 174 Å². The molecule has 1 saturated heterocycles. The predicted octanol–water partition coefficient (Wildman–Crippen LogP) is 3.80. The summed E-state index contributed by atoms with van der Waals surface area (Å²) in [4.78, 5) is 29.7. The van der Waals surface area contributed by atoms with E-state index in [0.717, 1.165) is 44.4 Å². The van der Waals surface area contributed by atoms with Crippen LogP contribution in [-0.4, -0.2) is 34.5 Å². The normalized spacial score (nSPS) is 15.8. The number of hydrogen-bond acceptors (Lipinski definition) is 8. The van der Waals surface area contributed by atoms with E-state index in [1.165, 1.54) is 6.07 Å². The van der Waals surface area contributed by atoms with E-state index in [2.05, 4.69) is 15.3 Å². The summed E-state index contributed by atoms with van der Waals surface area (Å²) in [5.41, 5.74) is -1.82. The molecular formula is C19H19F3N4O5. The van der Waals surface area contributed by atoms with Crippen molar-refractivity contribution < 1.29 is 32.4 Å². The van der Waals surface area contributed by atoms with E-state index in [-0.39, 0.29) is 23.8 Å². The van der Waals surface area contributed by atoms with Crippen LogP contribution in [0.5, 0.6) is 11.6 Å². The van der Waals surface area contributed by atoms with Gasteiger partial charge >= 0.3 is 17.7 Å². The van der Waals surface area contributed by atoms with Crippen LogP contribution in [-0.2, 0) is 15.7 Å². The molecular weight excluding hydrogens is 421 g/mol. The number of piperidine rings is 1. The quantitative estimate of drug-likeness (QED) is 0.374. The molecule has 1 aromatic heterocycles. The van der Waals surface area contributed by atoms with Crippen molar-refractivity contribution in [3.8, 4) is 11.6 Å². The number of carbonyl (C=O) groups is 1. The maximum Gasteiger partial charge on any atom is 0.416 e. The number of nitro groups is 1. The van der Waals surface area contributed by atoms with Gasteiger partial charge in [0.25, 0.3) is 6.47 Å². The van der Waals surface area contributed by atoms with E-state index < -0.39 is 34.3 Å². The lowest BCUT2D eigenvalue weighted by Crippen LogP contribution is -2.29. The van der Waals surface area contributed by atoms with Crippen LogP contribution in [0.2, 0.25) is 0 Å². The summed E-state index contributed by atoms with van der Waals surface area (Å²) in [6.45, 7) is 1.73. The molecule has 1 unspecified atom stereocenters. The van der Waals surface area contributed by atoms with Crippen LogP contribution in [0.3, 0.4) is 0 Å². The highest BCUT2D eigenvalue weighted by Gasteiger charge is 2.34. The van der Waals surface area contributed by atoms with Crippen molar-refractivity contribution >= 4 is 12.2 Å². The maximum atomic E-state index is 12.9. The fraction of sp³-hybridized carbons (Fsp3) is 0.421. The Morgan fingerprint density at radius 3 is 2.68 bits per heavy atom. The predicted molar refractivity (Wildman–Crippen MR) is 100 cm³/mol. The zero-order chi connectivity index (χ0) is 22.4. The first-order valence-electron chi connectivity index (χ1n) is 9.43. The molecule has 1 aliphatic heterocycles. The number of nitrogens with zero attached hydrogens (tertiary/aromatic N) is 3. The highest BCUT2D eigenvalue weighted by Crippen LogP contribution is 2.39. The Morgan fingerprint density at radius 2 is 2.03 bits per heavy atom. The molecule has 9 nitrogen and oxygen atoms in total. The fourth-order valence-corrected chi connectivity index (χ4v) is 3.42. The molecule has 0 spiro atoms. The zero-order valence-electron chi connectivity index (χ0n) is 16.2. The molecule has 166 valence electrons. The van der Waals surface area contributed by atoms with Gasteiger partial charge in [-0.2, -0.15) is 18.2 Å². The molecule has 1 N–H and O–H groups in total. The molecule has 0 amide bonds. The Kier molecular flexibility index (Phi) is 7.00. The molecule has 31 heavy (non-hydrogen) atoms. The SMILES string of the molecule is O=COC(CC1CCNCC1)c1ncnc(Oc2cccc(C(F)(F)F)c2)c1[N+](=O)[O-]. The maximum absolute atomic E-state index is 12.9. The molecule has 0 bridgehead atoms. The lowest BCUT2D eigenvalue weighted by atomic mass is 9.90. The number of alkyl halides is 3. The fourth-order valence-electron chi connectivity index (χ4n) is 3.42. The summed E-state index contributed by atoms with van der Waals surface area (Å²) in [6.07, 6.45) is -2.75. The number of benzene rings is 1. The first kappa shape index (κ1) is 22.4. The van der Waals surface area contributed by atoms with E-state index in [1.54, 1.807) is 0 Å². The Bertz CT molecular complexity index is 935. The van der Waals surface area contributed by atoms with Gasteiger partial charge in [0.2, 0.25) is 0 Å². The molecule has 3 rings (SSSR count). The van der Waals surface area contributed by atoms with E-state index in [9.17, 15) is 28.1 Å². The zero-order valence-corrected chi connectivity index (χ0v) is 16.2. The van der Waals surface area contributed by atoms with Crippen LogP contribution in [0.15, 0.2) is 30.6 Å². The monoisotopic (exact) mass is 440 g/mol. The average Bonchev–Trinajstić information content (AvgIpc) is 2.73. The molecule has 2 aromatic rings. The van der Waals surface area contributed by atoms with Crippen molar-refractivity contribution in [3.63, 3.8) is 0 Å². The number of nitrogens with one attached hydrogen (secondary N) is 1. The number of aromatic nitrogens is 2. The van der Waals surface area contributed by atoms with Gasteiger partial charge < -0.3 is 14.8 Å². The van der Waals surface area contributed by atoms with E-state index in [0.29, 0.717) is 12.5 Å². The van der Waals surface area contributed by atoms with Crippen LogP contribution in [0.25, 0.3) is 0 Å². The Balaban J connectivity index is 1.94. The van der Waals surface area contributed by atoms with E-state index in [4.69, 9.17) is 9.47 Å². The summed E-state index contributed by atoms with van der Waals surface area (Å²) >= 11 is 0. The average molecular weight is 440 g/mol. The van der Waals surface area contributed by atoms with Crippen molar-refractivity contribution in [2.75, 3.05) is 13.1 Å². The van der Waals surface area contributed by atoms with Gasteiger partial charge in [-0.1, -0.05) is 6.07 Å². The summed E-state index contributed by atoms with van der Waals surface area (Å²) in [7, 11) is 0. The van der Waals surface area contributed by atoms with Gasteiger partial charge in [0.1, 0.15) is 12.1 Å². The number of halogens is 3. The van der Waals surface area contributed by atoms with Crippen LogP contribution < -0.4 is 10.1 Å². The third kappa shape index (κ3) is 5.66. The Hall–Kier alpha value is -3.28. The van der Waals surface area contributed by atoms with Crippen molar-refractivity contribution in [2.45, 2.75) is 31.5 Å². The lowest BCUT2D eigenvalue weighted by molar-refractivity contribution is -0.387. The molecule has 0 aliphatic carbocycles. The van der Waals surface area contributed by atoms with E-state index in [1.807, 2.05) is 0 Å². The van der Waals surface area contributed by atoms with Crippen LogP contribution in [0, 0.1) is 16.0 Å². The van der Waals surface area contributed by atoms with Gasteiger partial charge in [-0.15, -0.1) is 0 Å². The summed E-state index contributed by atoms with van der Waals surface area (Å²) in [5.74, 6) is -0.679. The third-order valence-corrected chi connectivity index (χ3v) is 4.91. The van der Waals surface area contributed by atoms with Gasteiger partial charge in [-0.25, -0.2) is 4.98 Å². The van der Waals surface area contributed by atoms with Crippen LogP contribution in [0.1, 0.15) is 36.6 Å². The minimum Gasteiger partial charge on any atom is -0.458 e. The molecule has 12 heteroatoms. The van der Waals surface area contributed by atoms with Gasteiger partial charge in [0.05, 0.1) is 10.5 Å². The molecule has 0 saturated carbocycles. The minimum absolute atomic E-state index is 0.147. The van der Waals surface area contributed by atoms with Crippen molar-refractivity contribution in [3.05, 3.63) is 52.0 Å².